The summed E-state index contributed by atoms with van der Waals surface area (Å²) in [6, 6.07) is 21.9. The summed E-state index contributed by atoms with van der Waals surface area (Å²) in [5, 5.41) is 0.711. The van der Waals surface area contributed by atoms with Crippen LogP contribution in [0.25, 0.3) is 17.0 Å². The van der Waals surface area contributed by atoms with Gasteiger partial charge in [0.2, 0.25) is 0 Å². The molecule has 0 spiro atoms. The Hall–Kier alpha value is -3.84. The highest BCUT2D eigenvalue weighted by atomic mass is 32.2. The molecule has 0 unspecified atom stereocenters. The number of rotatable bonds is 8. The molecule has 4 aromatic rings. The lowest BCUT2D eigenvalue weighted by Gasteiger charge is -2.13. The van der Waals surface area contributed by atoms with Gasteiger partial charge >= 0.3 is 0 Å². The third-order valence-electron chi connectivity index (χ3n) is 6.15. The summed E-state index contributed by atoms with van der Waals surface area (Å²) in [6.07, 6.45) is 4.65. The molecule has 3 aromatic carbocycles. The van der Waals surface area contributed by atoms with Crippen LogP contribution >= 0.6 is 11.8 Å². The number of fused-ring (bicyclic) bond motifs is 1. The zero-order chi connectivity index (χ0) is 25.1. The van der Waals surface area contributed by atoms with Gasteiger partial charge in [-0.3, -0.25) is 14.5 Å². The summed E-state index contributed by atoms with van der Waals surface area (Å²) in [5.41, 5.74) is 4.10. The molecule has 0 bridgehead atoms. The van der Waals surface area contributed by atoms with Crippen LogP contribution in [0, 0.1) is 5.82 Å². The number of carbonyl (C=O) groups excluding carboxylic acids is 2. The second-order valence-electron chi connectivity index (χ2n) is 8.50. The number of nitrogens with zero attached hydrogens (tertiary/aromatic N) is 2. The highest BCUT2D eigenvalue weighted by Gasteiger charge is 2.35. The fourth-order valence-corrected chi connectivity index (χ4v) is 5.24. The number of imide groups is 1. The van der Waals surface area contributed by atoms with Gasteiger partial charge in [-0.25, -0.2) is 4.39 Å². The van der Waals surface area contributed by atoms with Gasteiger partial charge in [0, 0.05) is 23.7 Å². The van der Waals surface area contributed by atoms with Gasteiger partial charge in [-0.15, -0.1) is 0 Å². The van der Waals surface area contributed by atoms with E-state index < -0.39 is 0 Å². The Kier molecular flexibility index (Phi) is 6.91. The molecule has 0 saturated carbocycles. The number of benzene rings is 3. The summed E-state index contributed by atoms with van der Waals surface area (Å²) in [5.74, 6) is 0.115. The lowest BCUT2D eigenvalue weighted by atomic mass is 10.1. The molecule has 1 fully saturated rings. The molecule has 1 aliphatic rings. The maximum absolute atomic E-state index is 13.4. The van der Waals surface area contributed by atoms with Crippen LogP contribution in [0.2, 0.25) is 0 Å². The zero-order valence-electron chi connectivity index (χ0n) is 19.8. The summed E-state index contributed by atoms with van der Waals surface area (Å²) in [6.45, 7) is 3.09. The quantitative estimate of drug-likeness (QED) is 0.259. The predicted octanol–water partition coefficient (Wildman–Crippen LogP) is 6.51. The molecule has 7 heteroatoms. The van der Waals surface area contributed by atoms with Crippen LogP contribution in [0.1, 0.15) is 23.6 Å². The highest BCUT2D eigenvalue weighted by Crippen LogP contribution is 2.35. The molecule has 0 atom stereocenters. The van der Waals surface area contributed by atoms with Gasteiger partial charge in [-0.2, -0.15) is 0 Å². The predicted molar refractivity (Wildman–Crippen MR) is 141 cm³/mol. The Balaban J connectivity index is 1.41. The minimum Gasteiger partial charge on any atom is -0.492 e. The van der Waals surface area contributed by atoms with E-state index >= 15 is 0 Å². The number of carbonyl (C=O) groups is 2. The number of para-hydroxylation sites is 2. The number of hydrogen-bond acceptors (Lipinski definition) is 4. The van der Waals surface area contributed by atoms with Crippen LogP contribution in [-0.4, -0.2) is 33.8 Å². The molecular weight excluding hydrogens is 475 g/mol. The highest BCUT2D eigenvalue weighted by molar-refractivity contribution is 8.18. The second kappa shape index (κ2) is 10.4. The van der Waals surface area contributed by atoms with Crippen molar-refractivity contribution in [3.8, 4) is 5.75 Å². The van der Waals surface area contributed by atoms with Crippen molar-refractivity contribution in [2.45, 2.75) is 19.9 Å². The van der Waals surface area contributed by atoms with E-state index in [4.69, 9.17) is 4.74 Å². The third-order valence-corrected chi connectivity index (χ3v) is 7.05. The summed E-state index contributed by atoms with van der Waals surface area (Å²) in [7, 11) is 0. The minimum atomic E-state index is -0.312. The number of halogens is 1. The van der Waals surface area contributed by atoms with E-state index in [-0.39, 0.29) is 30.1 Å². The molecule has 0 radical (unpaired) electrons. The first kappa shape index (κ1) is 23.9. The van der Waals surface area contributed by atoms with Crippen molar-refractivity contribution in [3.63, 3.8) is 0 Å². The molecule has 36 heavy (non-hydrogen) atoms. The molecule has 2 heterocycles. The molecule has 0 N–H and O–H groups in total. The van der Waals surface area contributed by atoms with Crippen molar-refractivity contribution in [1.82, 2.24) is 9.47 Å². The fraction of sp³-hybridized carbons (Fsp3) is 0.172. The standard InChI is InChI=1S/C29H25FN2O3S/c1-2-21-7-6-10-25-22(19-31(27(21)25)18-20-11-13-23(30)14-12-20)17-26-28(33)32(29(34)36-26)15-16-35-24-8-4-3-5-9-24/h3-14,17,19H,2,15-16,18H2,1H3/b26-17-. The smallest absolute Gasteiger partial charge is 0.293 e. The van der Waals surface area contributed by atoms with Crippen molar-refractivity contribution in [2.24, 2.45) is 0 Å². The second-order valence-corrected chi connectivity index (χ2v) is 9.49. The van der Waals surface area contributed by atoms with Gasteiger partial charge in [-0.05, 0) is 59.7 Å². The first-order valence-corrected chi connectivity index (χ1v) is 12.6. The van der Waals surface area contributed by atoms with E-state index in [0.29, 0.717) is 17.2 Å². The Morgan fingerprint density at radius 3 is 2.50 bits per heavy atom. The maximum Gasteiger partial charge on any atom is 0.293 e. The Bertz CT molecular complexity index is 1440. The van der Waals surface area contributed by atoms with Crippen LogP contribution < -0.4 is 4.74 Å². The molecule has 1 aliphatic heterocycles. The molecule has 5 nitrogen and oxygen atoms in total. The van der Waals surface area contributed by atoms with Crippen molar-refractivity contribution in [1.29, 1.82) is 0 Å². The number of hydrogen-bond donors (Lipinski definition) is 0. The monoisotopic (exact) mass is 500 g/mol. The maximum atomic E-state index is 13.4. The SMILES string of the molecule is CCc1cccc2c(/C=C3\SC(=O)N(CCOc4ccccc4)C3=O)cn(Cc3ccc(F)cc3)c12. The van der Waals surface area contributed by atoms with Gasteiger partial charge < -0.3 is 9.30 Å². The van der Waals surface area contributed by atoms with Gasteiger partial charge in [0.1, 0.15) is 18.2 Å². The van der Waals surface area contributed by atoms with E-state index in [0.717, 1.165) is 40.2 Å². The van der Waals surface area contributed by atoms with Crippen molar-refractivity contribution in [2.75, 3.05) is 13.2 Å². The Morgan fingerprint density at radius 2 is 1.75 bits per heavy atom. The summed E-state index contributed by atoms with van der Waals surface area (Å²) < 4.78 is 21.2. The largest absolute Gasteiger partial charge is 0.492 e. The average Bonchev–Trinajstić information content (AvgIpc) is 3.37. The molecule has 5 rings (SSSR count). The Morgan fingerprint density at radius 1 is 0.972 bits per heavy atom. The van der Waals surface area contributed by atoms with E-state index in [1.54, 1.807) is 18.2 Å². The number of thioether (sulfide) groups is 1. The molecule has 0 aliphatic carbocycles. The van der Waals surface area contributed by atoms with E-state index in [1.807, 2.05) is 48.7 Å². The van der Waals surface area contributed by atoms with Gasteiger partial charge in [0.25, 0.3) is 11.1 Å². The van der Waals surface area contributed by atoms with Crippen LogP contribution in [0.15, 0.2) is 83.9 Å². The normalized spacial score (nSPS) is 14.8. The molecule has 1 saturated heterocycles. The van der Waals surface area contributed by atoms with Crippen LogP contribution in [-0.2, 0) is 17.8 Å². The number of ether oxygens (including phenoxy) is 1. The first-order valence-electron chi connectivity index (χ1n) is 11.8. The van der Waals surface area contributed by atoms with E-state index in [9.17, 15) is 14.0 Å². The minimum absolute atomic E-state index is 0.184. The number of aryl methyl sites for hydroxylation is 1. The van der Waals surface area contributed by atoms with Crippen molar-refractivity contribution in [3.05, 3.63) is 106 Å². The third kappa shape index (κ3) is 4.93. The Labute approximate surface area is 213 Å². The topological polar surface area (TPSA) is 51.5 Å². The molecule has 1 aromatic heterocycles. The van der Waals surface area contributed by atoms with E-state index in [1.165, 1.54) is 22.6 Å². The summed E-state index contributed by atoms with van der Waals surface area (Å²) in [4.78, 5) is 27.3. The van der Waals surface area contributed by atoms with Crippen molar-refractivity contribution >= 4 is 39.9 Å². The van der Waals surface area contributed by atoms with Crippen LogP contribution in [0.3, 0.4) is 0 Å². The summed E-state index contributed by atoms with van der Waals surface area (Å²) >= 11 is 0.948. The average molecular weight is 501 g/mol. The molecule has 182 valence electrons. The number of amides is 2. The van der Waals surface area contributed by atoms with E-state index in [2.05, 4.69) is 17.6 Å². The fourth-order valence-electron chi connectivity index (χ4n) is 4.38. The van der Waals surface area contributed by atoms with Gasteiger partial charge in [-0.1, -0.05) is 55.5 Å². The zero-order valence-corrected chi connectivity index (χ0v) is 20.6. The lowest BCUT2D eigenvalue weighted by Crippen LogP contribution is -2.32. The van der Waals surface area contributed by atoms with Gasteiger partial charge in [0.15, 0.2) is 0 Å². The van der Waals surface area contributed by atoms with Crippen LogP contribution in [0.4, 0.5) is 9.18 Å². The van der Waals surface area contributed by atoms with Crippen molar-refractivity contribution < 1.29 is 18.7 Å². The van der Waals surface area contributed by atoms with Gasteiger partial charge in [0.05, 0.1) is 17.0 Å². The lowest BCUT2D eigenvalue weighted by molar-refractivity contribution is -0.123. The van der Waals surface area contributed by atoms with Crippen LogP contribution in [0.5, 0.6) is 5.75 Å². The first-order chi connectivity index (χ1) is 17.5. The molecule has 2 amide bonds. The molecular formula is C29H25FN2O3S. The number of aromatic nitrogens is 1.